The zero-order valence-corrected chi connectivity index (χ0v) is 18.4. The maximum atomic E-state index is 6.02. The van der Waals surface area contributed by atoms with Gasteiger partial charge >= 0.3 is 0 Å². The van der Waals surface area contributed by atoms with Crippen molar-refractivity contribution in [3.05, 3.63) is 29.3 Å². The van der Waals surface area contributed by atoms with Crippen molar-refractivity contribution in [3.63, 3.8) is 0 Å². The molecule has 0 aliphatic carbocycles. The number of hydrogen-bond donors (Lipinski definition) is 0. The molecule has 0 saturated carbocycles. The number of anilines is 1. The average molecular weight is 417 g/mol. The number of hydrogen-bond acceptors (Lipinski definition) is 6. The van der Waals surface area contributed by atoms with Gasteiger partial charge in [-0.15, -0.1) is 10.2 Å². The first-order valence-electron chi connectivity index (χ1n) is 10.8. The largest absolute Gasteiger partial charge is 0.492 e. The Morgan fingerprint density at radius 3 is 2.79 bits per heavy atom. The van der Waals surface area contributed by atoms with Gasteiger partial charge in [0.1, 0.15) is 5.75 Å². The van der Waals surface area contributed by atoms with Crippen LogP contribution in [-0.2, 0) is 11.3 Å². The number of benzene rings is 1. The molecule has 1 unspecified atom stereocenters. The highest BCUT2D eigenvalue weighted by molar-refractivity contribution is 7.99. The van der Waals surface area contributed by atoms with Crippen molar-refractivity contribution in [2.24, 2.45) is 0 Å². The van der Waals surface area contributed by atoms with Gasteiger partial charge in [0.25, 0.3) is 0 Å². The standard InChI is InChI=1S/C22H32N4O2S/c1-17-8-9-18(2)20(15-17)28-13-14-29-22-24-23-21(25-10-4-3-5-11-25)26(22)16-19-7-6-12-27-19/h8-9,15,19H,3-7,10-14,16H2,1-2H3. The van der Waals surface area contributed by atoms with E-state index < -0.39 is 0 Å². The van der Waals surface area contributed by atoms with Crippen molar-refractivity contribution in [2.45, 2.75) is 63.8 Å². The molecule has 2 aromatic rings. The zero-order chi connectivity index (χ0) is 20.1. The minimum atomic E-state index is 0.278. The lowest BCUT2D eigenvalue weighted by atomic mass is 10.1. The molecule has 1 aromatic carbocycles. The van der Waals surface area contributed by atoms with Gasteiger partial charge in [-0.25, -0.2) is 0 Å². The average Bonchev–Trinajstić information content (AvgIpc) is 3.39. The molecule has 158 valence electrons. The van der Waals surface area contributed by atoms with Crippen LogP contribution >= 0.6 is 11.8 Å². The molecule has 6 nitrogen and oxygen atoms in total. The van der Waals surface area contributed by atoms with Crippen LogP contribution in [0.4, 0.5) is 5.95 Å². The monoisotopic (exact) mass is 416 g/mol. The highest BCUT2D eigenvalue weighted by Gasteiger charge is 2.24. The first-order valence-corrected chi connectivity index (χ1v) is 11.8. The van der Waals surface area contributed by atoms with Gasteiger partial charge in [0.2, 0.25) is 5.95 Å². The van der Waals surface area contributed by atoms with Gasteiger partial charge in [-0.1, -0.05) is 23.9 Å². The number of piperidine rings is 1. The van der Waals surface area contributed by atoms with Crippen LogP contribution in [0.25, 0.3) is 0 Å². The molecule has 0 spiro atoms. The molecule has 2 saturated heterocycles. The van der Waals surface area contributed by atoms with E-state index in [1.807, 2.05) is 0 Å². The first-order chi connectivity index (χ1) is 14.2. The predicted molar refractivity (Wildman–Crippen MR) is 117 cm³/mol. The Kier molecular flexibility index (Phi) is 6.98. The molecule has 29 heavy (non-hydrogen) atoms. The summed E-state index contributed by atoms with van der Waals surface area (Å²) in [6, 6.07) is 6.34. The Bertz CT molecular complexity index is 798. The van der Waals surface area contributed by atoms with Gasteiger partial charge in [0, 0.05) is 25.4 Å². The summed E-state index contributed by atoms with van der Waals surface area (Å²) in [7, 11) is 0. The van der Waals surface area contributed by atoms with Gasteiger partial charge in [-0.2, -0.15) is 0 Å². The van der Waals surface area contributed by atoms with Gasteiger partial charge in [-0.05, 0) is 63.1 Å². The second kappa shape index (κ2) is 9.85. The Balaban J connectivity index is 1.40. The summed E-state index contributed by atoms with van der Waals surface area (Å²) >= 11 is 1.73. The smallest absolute Gasteiger partial charge is 0.228 e. The van der Waals surface area contributed by atoms with E-state index in [4.69, 9.17) is 9.47 Å². The lowest BCUT2D eigenvalue weighted by Crippen LogP contribution is -2.33. The molecule has 4 rings (SSSR count). The maximum Gasteiger partial charge on any atom is 0.228 e. The van der Waals surface area contributed by atoms with Crippen molar-refractivity contribution < 1.29 is 9.47 Å². The normalized spacial score (nSPS) is 19.7. The molecule has 0 N–H and O–H groups in total. The molecule has 1 atom stereocenters. The lowest BCUT2D eigenvalue weighted by molar-refractivity contribution is 0.0951. The highest BCUT2D eigenvalue weighted by atomic mass is 32.2. The van der Waals surface area contributed by atoms with Crippen LogP contribution in [0, 0.1) is 13.8 Å². The van der Waals surface area contributed by atoms with Crippen LogP contribution in [0.3, 0.4) is 0 Å². The fourth-order valence-corrected chi connectivity index (χ4v) is 4.77. The molecular weight excluding hydrogens is 384 g/mol. The molecule has 2 aliphatic heterocycles. The number of thioether (sulfide) groups is 1. The summed E-state index contributed by atoms with van der Waals surface area (Å²) < 4.78 is 14.2. The third-order valence-corrected chi connectivity index (χ3v) is 6.59. The van der Waals surface area contributed by atoms with E-state index in [1.165, 1.54) is 30.4 Å². The van der Waals surface area contributed by atoms with E-state index in [9.17, 15) is 0 Å². The molecule has 2 fully saturated rings. The molecule has 1 aromatic heterocycles. The van der Waals surface area contributed by atoms with Crippen LogP contribution < -0.4 is 9.64 Å². The van der Waals surface area contributed by atoms with Crippen molar-refractivity contribution in [3.8, 4) is 5.75 Å². The second-order valence-corrected chi connectivity index (χ2v) is 9.10. The number of rotatable bonds is 8. The first kappa shape index (κ1) is 20.5. The van der Waals surface area contributed by atoms with Crippen LogP contribution in [0.2, 0.25) is 0 Å². The van der Waals surface area contributed by atoms with E-state index in [1.54, 1.807) is 11.8 Å². The van der Waals surface area contributed by atoms with Crippen molar-refractivity contribution in [1.29, 1.82) is 0 Å². The Morgan fingerprint density at radius 1 is 1.14 bits per heavy atom. The molecule has 0 amide bonds. The van der Waals surface area contributed by atoms with Gasteiger partial charge in [0.15, 0.2) is 5.16 Å². The molecule has 0 bridgehead atoms. The molecular formula is C22H32N4O2S. The fraction of sp³-hybridized carbons (Fsp3) is 0.636. The quantitative estimate of drug-likeness (QED) is 0.474. The van der Waals surface area contributed by atoms with Gasteiger partial charge in [-0.3, -0.25) is 4.57 Å². The SMILES string of the molecule is Cc1ccc(C)c(OCCSc2nnc(N3CCCCC3)n2CC2CCCO2)c1. The fourth-order valence-electron chi connectivity index (χ4n) is 4.01. The van der Waals surface area contributed by atoms with E-state index in [0.29, 0.717) is 6.61 Å². The second-order valence-electron chi connectivity index (χ2n) is 8.04. The summed E-state index contributed by atoms with van der Waals surface area (Å²) in [5.41, 5.74) is 2.40. The highest BCUT2D eigenvalue weighted by Crippen LogP contribution is 2.27. The minimum Gasteiger partial charge on any atom is -0.492 e. The van der Waals surface area contributed by atoms with Crippen molar-refractivity contribution in [2.75, 3.05) is 37.0 Å². The minimum absolute atomic E-state index is 0.278. The van der Waals surface area contributed by atoms with Crippen molar-refractivity contribution >= 4 is 17.7 Å². The summed E-state index contributed by atoms with van der Waals surface area (Å²) in [4.78, 5) is 2.39. The zero-order valence-electron chi connectivity index (χ0n) is 17.6. The summed E-state index contributed by atoms with van der Waals surface area (Å²) in [5, 5.41) is 10.1. The van der Waals surface area contributed by atoms with Crippen LogP contribution in [0.15, 0.2) is 23.4 Å². The van der Waals surface area contributed by atoms with E-state index in [2.05, 4.69) is 51.7 Å². The van der Waals surface area contributed by atoms with Crippen molar-refractivity contribution in [1.82, 2.24) is 14.8 Å². The number of ether oxygens (including phenoxy) is 2. The summed E-state index contributed by atoms with van der Waals surface area (Å²) in [6.45, 7) is 8.70. The molecule has 7 heteroatoms. The molecule has 0 radical (unpaired) electrons. The topological polar surface area (TPSA) is 52.4 Å². The molecule has 3 heterocycles. The Morgan fingerprint density at radius 2 is 2.00 bits per heavy atom. The Labute approximate surface area is 178 Å². The van der Waals surface area contributed by atoms with Gasteiger partial charge in [0.05, 0.1) is 19.3 Å². The number of aromatic nitrogens is 3. The third kappa shape index (κ3) is 5.25. The Hall–Kier alpha value is -1.73. The van der Waals surface area contributed by atoms with E-state index in [0.717, 1.165) is 61.7 Å². The molecule has 2 aliphatic rings. The number of nitrogens with zero attached hydrogens (tertiary/aromatic N) is 4. The van der Waals surface area contributed by atoms with Crippen LogP contribution in [0.1, 0.15) is 43.2 Å². The summed E-state index contributed by atoms with van der Waals surface area (Å²) in [6.07, 6.45) is 6.33. The van der Waals surface area contributed by atoms with Crippen LogP contribution in [-0.4, -0.2) is 52.9 Å². The van der Waals surface area contributed by atoms with Gasteiger partial charge < -0.3 is 14.4 Å². The van der Waals surface area contributed by atoms with E-state index >= 15 is 0 Å². The van der Waals surface area contributed by atoms with E-state index in [-0.39, 0.29) is 6.10 Å². The third-order valence-electron chi connectivity index (χ3n) is 5.66. The summed E-state index contributed by atoms with van der Waals surface area (Å²) in [5.74, 6) is 2.83. The van der Waals surface area contributed by atoms with Crippen LogP contribution in [0.5, 0.6) is 5.75 Å². The lowest BCUT2D eigenvalue weighted by Gasteiger charge is -2.28. The maximum absolute atomic E-state index is 6.02. The predicted octanol–water partition coefficient (Wildman–Crippen LogP) is 4.24. The number of aryl methyl sites for hydroxylation is 2.